The Morgan fingerprint density at radius 3 is 2.90 bits per heavy atom. The SMILES string of the molecule is CNc1cn2ccnc2c(NCc2ccc(F)cc2F)n1. The van der Waals surface area contributed by atoms with Gasteiger partial charge in [0.05, 0.1) is 6.20 Å². The van der Waals surface area contributed by atoms with E-state index in [4.69, 9.17) is 0 Å². The predicted octanol–water partition coefficient (Wildman–Crippen LogP) is 2.66. The largest absolute Gasteiger partial charge is 0.372 e. The van der Waals surface area contributed by atoms with Crippen LogP contribution in [-0.2, 0) is 6.54 Å². The number of benzene rings is 1. The highest BCUT2D eigenvalue weighted by molar-refractivity contribution is 5.65. The Morgan fingerprint density at radius 1 is 1.29 bits per heavy atom. The van der Waals surface area contributed by atoms with Gasteiger partial charge in [-0.1, -0.05) is 6.07 Å². The number of anilines is 2. The lowest BCUT2D eigenvalue weighted by molar-refractivity contribution is 0.574. The first-order valence-corrected chi connectivity index (χ1v) is 6.36. The highest BCUT2D eigenvalue weighted by Gasteiger charge is 2.09. The van der Waals surface area contributed by atoms with Crippen molar-refractivity contribution in [3.05, 3.63) is 54.0 Å². The highest BCUT2D eigenvalue weighted by atomic mass is 19.1. The van der Waals surface area contributed by atoms with Crippen LogP contribution in [0, 0.1) is 11.6 Å². The van der Waals surface area contributed by atoms with E-state index in [9.17, 15) is 8.78 Å². The van der Waals surface area contributed by atoms with Crippen molar-refractivity contribution in [2.24, 2.45) is 0 Å². The smallest absolute Gasteiger partial charge is 0.180 e. The van der Waals surface area contributed by atoms with Gasteiger partial charge in [0.1, 0.15) is 17.5 Å². The van der Waals surface area contributed by atoms with E-state index in [1.54, 1.807) is 25.6 Å². The van der Waals surface area contributed by atoms with E-state index in [0.717, 1.165) is 6.07 Å². The first-order valence-electron chi connectivity index (χ1n) is 6.36. The molecular formula is C14H13F2N5. The second-order valence-electron chi connectivity index (χ2n) is 4.47. The Bertz CT molecular complexity index is 784. The molecule has 0 saturated heterocycles. The number of hydrogen-bond acceptors (Lipinski definition) is 4. The highest BCUT2D eigenvalue weighted by Crippen LogP contribution is 2.18. The topological polar surface area (TPSA) is 54.2 Å². The molecule has 0 spiro atoms. The number of halogens is 2. The van der Waals surface area contributed by atoms with Gasteiger partial charge in [-0.3, -0.25) is 0 Å². The molecule has 7 heteroatoms. The second kappa shape index (κ2) is 5.35. The Labute approximate surface area is 119 Å². The Balaban J connectivity index is 1.89. The lowest BCUT2D eigenvalue weighted by Gasteiger charge is -2.10. The van der Waals surface area contributed by atoms with Crippen LogP contribution in [0.1, 0.15) is 5.56 Å². The van der Waals surface area contributed by atoms with Gasteiger partial charge in [-0.25, -0.2) is 18.7 Å². The third kappa shape index (κ3) is 2.62. The van der Waals surface area contributed by atoms with Crippen LogP contribution >= 0.6 is 0 Å². The molecule has 0 atom stereocenters. The molecule has 2 N–H and O–H groups in total. The van der Waals surface area contributed by atoms with Gasteiger partial charge < -0.3 is 15.0 Å². The van der Waals surface area contributed by atoms with Gasteiger partial charge in [-0.15, -0.1) is 0 Å². The quantitative estimate of drug-likeness (QED) is 0.775. The molecule has 0 aliphatic heterocycles. The number of fused-ring (bicyclic) bond motifs is 1. The Hall–Kier alpha value is -2.70. The fourth-order valence-corrected chi connectivity index (χ4v) is 2.01. The van der Waals surface area contributed by atoms with E-state index < -0.39 is 11.6 Å². The first-order chi connectivity index (χ1) is 10.2. The van der Waals surface area contributed by atoms with Gasteiger partial charge in [0.15, 0.2) is 11.5 Å². The number of aromatic nitrogens is 3. The van der Waals surface area contributed by atoms with Gasteiger partial charge in [0.25, 0.3) is 0 Å². The molecule has 3 aromatic rings. The van der Waals surface area contributed by atoms with Gasteiger partial charge in [-0.05, 0) is 6.07 Å². The molecule has 5 nitrogen and oxygen atoms in total. The molecule has 1 aromatic carbocycles. The number of nitrogens with zero attached hydrogens (tertiary/aromatic N) is 3. The zero-order valence-electron chi connectivity index (χ0n) is 11.3. The molecular weight excluding hydrogens is 276 g/mol. The van der Waals surface area contributed by atoms with Crippen LogP contribution in [0.5, 0.6) is 0 Å². The maximum absolute atomic E-state index is 13.6. The van der Waals surface area contributed by atoms with E-state index in [0.29, 0.717) is 22.8 Å². The molecule has 108 valence electrons. The van der Waals surface area contributed by atoms with Crippen LogP contribution in [0.15, 0.2) is 36.8 Å². The molecule has 3 rings (SSSR count). The molecule has 0 bridgehead atoms. The van der Waals surface area contributed by atoms with Crippen LogP contribution in [0.25, 0.3) is 5.65 Å². The first kappa shape index (κ1) is 13.3. The maximum Gasteiger partial charge on any atom is 0.180 e. The van der Waals surface area contributed by atoms with Gasteiger partial charge >= 0.3 is 0 Å². The monoisotopic (exact) mass is 289 g/mol. The van der Waals surface area contributed by atoms with Crippen molar-refractivity contribution in [2.45, 2.75) is 6.54 Å². The fourth-order valence-electron chi connectivity index (χ4n) is 2.01. The number of rotatable bonds is 4. The minimum atomic E-state index is -0.595. The lowest BCUT2D eigenvalue weighted by atomic mass is 10.2. The number of nitrogens with one attached hydrogen (secondary N) is 2. The molecule has 0 aliphatic rings. The maximum atomic E-state index is 13.6. The van der Waals surface area contributed by atoms with Crippen molar-refractivity contribution >= 4 is 17.3 Å². The summed E-state index contributed by atoms with van der Waals surface area (Å²) in [6.07, 6.45) is 5.24. The summed E-state index contributed by atoms with van der Waals surface area (Å²) in [5.41, 5.74) is 0.995. The summed E-state index contributed by atoms with van der Waals surface area (Å²) in [6.45, 7) is 0.189. The molecule has 2 aromatic heterocycles. The molecule has 0 amide bonds. The summed E-state index contributed by atoms with van der Waals surface area (Å²) >= 11 is 0. The van der Waals surface area contributed by atoms with Crippen molar-refractivity contribution in [3.8, 4) is 0 Å². The predicted molar refractivity (Wildman–Crippen MR) is 76.2 cm³/mol. The second-order valence-corrected chi connectivity index (χ2v) is 4.47. The van der Waals surface area contributed by atoms with Crippen LogP contribution in [0.4, 0.5) is 20.4 Å². The Kier molecular flexibility index (Phi) is 3.39. The minimum absolute atomic E-state index is 0.189. The van der Waals surface area contributed by atoms with Gasteiger partial charge in [0, 0.05) is 37.6 Å². The van der Waals surface area contributed by atoms with Gasteiger partial charge in [0.2, 0.25) is 0 Å². The average Bonchev–Trinajstić information content (AvgIpc) is 2.94. The molecule has 0 radical (unpaired) electrons. The summed E-state index contributed by atoms with van der Waals surface area (Å²) in [5.74, 6) is -0.00742. The van der Waals surface area contributed by atoms with Crippen molar-refractivity contribution in [1.29, 1.82) is 0 Å². The van der Waals surface area contributed by atoms with E-state index >= 15 is 0 Å². The minimum Gasteiger partial charge on any atom is -0.372 e. The number of imidazole rings is 1. The normalized spacial score (nSPS) is 10.8. The van der Waals surface area contributed by atoms with Crippen LogP contribution in [0.3, 0.4) is 0 Å². The summed E-state index contributed by atoms with van der Waals surface area (Å²) in [7, 11) is 1.76. The van der Waals surface area contributed by atoms with Crippen LogP contribution in [0.2, 0.25) is 0 Å². The zero-order valence-corrected chi connectivity index (χ0v) is 11.3. The molecule has 0 unspecified atom stereocenters. The molecule has 0 fully saturated rings. The Morgan fingerprint density at radius 2 is 2.14 bits per heavy atom. The molecule has 2 heterocycles. The summed E-state index contributed by atoms with van der Waals surface area (Å²) in [5, 5.41) is 5.97. The lowest BCUT2D eigenvalue weighted by Crippen LogP contribution is -2.07. The van der Waals surface area contributed by atoms with E-state index in [-0.39, 0.29) is 6.54 Å². The van der Waals surface area contributed by atoms with E-state index in [2.05, 4.69) is 20.6 Å². The van der Waals surface area contributed by atoms with Crippen LogP contribution in [-0.4, -0.2) is 21.4 Å². The van der Waals surface area contributed by atoms with E-state index in [1.807, 2.05) is 4.40 Å². The third-order valence-corrected chi connectivity index (χ3v) is 3.09. The number of hydrogen-bond donors (Lipinski definition) is 2. The summed E-state index contributed by atoms with van der Waals surface area (Å²) in [6, 6.07) is 3.49. The fraction of sp³-hybridized carbons (Fsp3) is 0.143. The average molecular weight is 289 g/mol. The summed E-state index contributed by atoms with van der Waals surface area (Å²) < 4.78 is 28.3. The van der Waals surface area contributed by atoms with Crippen molar-refractivity contribution in [1.82, 2.24) is 14.4 Å². The molecule has 0 saturated carbocycles. The molecule has 21 heavy (non-hydrogen) atoms. The van der Waals surface area contributed by atoms with Gasteiger partial charge in [-0.2, -0.15) is 0 Å². The van der Waals surface area contributed by atoms with Crippen LogP contribution < -0.4 is 10.6 Å². The van der Waals surface area contributed by atoms with Crippen molar-refractivity contribution in [2.75, 3.05) is 17.7 Å². The third-order valence-electron chi connectivity index (χ3n) is 3.09. The molecule has 0 aliphatic carbocycles. The van der Waals surface area contributed by atoms with Crippen molar-refractivity contribution < 1.29 is 8.78 Å². The van der Waals surface area contributed by atoms with Crippen molar-refractivity contribution in [3.63, 3.8) is 0 Å². The van der Waals surface area contributed by atoms with E-state index in [1.165, 1.54) is 12.1 Å². The standard InChI is InChI=1S/C14H13F2N5/c1-17-12-8-21-5-4-18-14(21)13(20-12)19-7-9-2-3-10(15)6-11(9)16/h2-6,8,17H,7H2,1H3,(H,19,20). The summed E-state index contributed by atoms with van der Waals surface area (Å²) in [4.78, 5) is 8.55. The zero-order chi connectivity index (χ0) is 14.8.